The van der Waals surface area contributed by atoms with Crippen LogP contribution >= 0.6 is 23.2 Å². The zero-order valence-electron chi connectivity index (χ0n) is 7.63. The number of aliphatic carboxylic acids is 1. The molecule has 0 saturated heterocycles. The molecule has 1 N–H and O–H groups in total. The van der Waals surface area contributed by atoms with Crippen molar-refractivity contribution in [1.82, 2.24) is 0 Å². The lowest BCUT2D eigenvalue weighted by molar-refractivity contribution is -0.138. The summed E-state index contributed by atoms with van der Waals surface area (Å²) in [6, 6.07) is 4.85. The Kier molecular flexibility index (Phi) is 3.78. The molecule has 0 spiro atoms. The van der Waals surface area contributed by atoms with Crippen LogP contribution in [0.25, 0.3) is 0 Å². The molecule has 0 radical (unpaired) electrons. The van der Waals surface area contributed by atoms with Crippen molar-refractivity contribution in [2.75, 3.05) is 0 Å². The van der Waals surface area contributed by atoms with Crippen molar-refractivity contribution >= 4 is 29.2 Å². The van der Waals surface area contributed by atoms with E-state index in [1.54, 1.807) is 18.2 Å². The molecule has 0 aliphatic rings. The third-order valence-electron chi connectivity index (χ3n) is 1.99. The van der Waals surface area contributed by atoms with Crippen LogP contribution in [-0.4, -0.2) is 11.1 Å². The second kappa shape index (κ2) is 4.67. The molecule has 0 aliphatic heterocycles. The molecule has 1 rings (SSSR count). The third kappa shape index (κ3) is 2.63. The Morgan fingerprint density at radius 2 is 1.86 bits per heavy atom. The Morgan fingerprint density at radius 1 is 1.36 bits per heavy atom. The van der Waals surface area contributed by atoms with Crippen LogP contribution in [0.15, 0.2) is 18.2 Å². The summed E-state index contributed by atoms with van der Waals surface area (Å²) >= 11 is 11.6. The summed E-state index contributed by atoms with van der Waals surface area (Å²) in [6.45, 7) is 1.81. The van der Waals surface area contributed by atoms with Gasteiger partial charge in [-0.05, 0) is 30.2 Å². The molecule has 4 heteroatoms. The van der Waals surface area contributed by atoms with Gasteiger partial charge < -0.3 is 5.11 Å². The van der Waals surface area contributed by atoms with Gasteiger partial charge in [0, 0.05) is 10.0 Å². The first-order valence-corrected chi connectivity index (χ1v) is 4.99. The standard InChI is InChI=1S/C10H10Cl2O2/c1-2-9(10(13)14)6-3-7(11)5-8(12)4-6/h3-5,9H,2H2,1H3,(H,13,14). The van der Waals surface area contributed by atoms with Gasteiger partial charge in [0.25, 0.3) is 0 Å². The van der Waals surface area contributed by atoms with Crippen LogP contribution < -0.4 is 0 Å². The van der Waals surface area contributed by atoms with E-state index in [0.29, 0.717) is 22.0 Å². The Balaban J connectivity index is 3.10. The van der Waals surface area contributed by atoms with Crippen molar-refractivity contribution in [3.8, 4) is 0 Å². The molecular formula is C10H10Cl2O2. The van der Waals surface area contributed by atoms with E-state index in [1.807, 2.05) is 6.92 Å². The van der Waals surface area contributed by atoms with Gasteiger partial charge >= 0.3 is 5.97 Å². The molecule has 0 amide bonds. The molecule has 76 valence electrons. The Labute approximate surface area is 92.5 Å². The van der Waals surface area contributed by atoms with Gasteiger partial charge in [0.05, 0.1) is 5.92 Å². The Morgan fingerprint density at radius 3 is 2.21 bits per heavy atom. The number of halogens is 2. The van der Waals surface area contributed by atoms with Gasteiger partial charge in [-0.2, -0.15) is 0 Å². The zero-order valence-corrected chi connectivity index (χ0v) is 9.14. The second-order valence-corrected chi connectivity index (χ2v) is 3.87. The predicted molar refractivity (Wildman–Crippen MR) is 57.1 cm³/mol. The van der Waals surface area contributed by atoms with Crippen LogP contribution in [0.1, 0.15) is 24.8 Å². The summed E-state index contributed by atoms with van der Waals surface area (Å²) < 4.78 is 0. The van der Waals surface area contributed by atoms with Crippen LogP contribution in [0.3, 0.4) is 0 Å². The molecule has 2 nitrogen and oxygen atoms in total. The van der Waals surface area contributed by atoms with Crippen LogP contribution in [0.2, 0.25) is 10.0 Å². The van der Waals surface area contributed by atoms with Crippen LogP contribution in [0, 0.1) is 0 Å². The summed E-state index contributed by atoms with van der Waals surface area (Å²) in [6.07, 6.45) is 0.520. The van der Waals surface area contributed by atoms with Crippen molar-refractivity contribution in [3.05, 3.63) is 33.8 Å². The Hall–Kier alpha value is -0.730. The number of carbonyl (C=O) groups is 1. The molecule has 0 aliphatic carbocycles. The molecule has 1 unspecified atom stereocenters. The maximum atomic E-state index is 10.9. The van der Waals surface area contributed by atoms with Crippen molar-refractivity contribution in [1.29, 1.82) is 0 Å². The lowest BCUT2D eigenvalue weighted by Gasteiger charge is -2.10. The topological polar surface area (TPSA) is 37.3 Å². The Bertz CT molecular complexity index is 330. The minimum atomic E-state index is -0.856. The lowest BCUT2D eigenvalue weighted by atomic mass is 9.97. The number of hydrogen-bond acceptors (Lipinski definition) is 1. The third-order valence-corrected chi connectivity index (χ3v) is 2.43. The normalized spacial score (nSPS) is 12.5. The highest BCUT2D eigenvalue weighted by atomic mass is 35.5. The van der Waals surface area contributed by atoms with Gasteiger partial charge in [0.1, 0.15) is 0 Å². The quantitative estimate of drug-likeness (QED) is 0.866. The van der Waals surface area contributed by atoms with E-state index in [1.165, 1.54) is 0 Å². The van der Waals surface area contributed by atoms with E-state index >= 15 is 0 Å². The van der Waals surface area contributed by atoms with Gasteiger partial charge in [-0.3, -0.25) is 4.79 Å². The van der Waals surface area contributed by atoms with Crippen LogP contribution in [0.4, 0.5) is 0 Å². The minimum absolute atomic E-state index is 0.465. The summed E-state index contributed by atoms with van der Waals surface area (Å²) in [5, 5.41) is 9.85. The van der Waals surface area contributed by atoms with Crippen LogP contribution in [0.5, 0.6) is 0 Å². The van der Waals surface area contributed by atoms with E-state index in [-0.39, 0.29) is 0 Å². The second-order valence-electron chi connectivity index (χ2n) is 3.00. The van der Waals surface area contributed by atoms with Crippen molar-refractivity contribution in [3.63, 3.8) is 0 Å². The fourth-order valence-electron chi connectivity index (χ4n) is 1.33. The van der Waals surface area contributed by atoms with E-state index < -0.39 is 11.9 Å². The predicted octanol–water partition coefficient (Wildman–Crippen LogP) is 3.57. The highest BCUT2D eigenvalue weighted by Crippen LogP contribution is 2.26. The van der Waals surface area contributed by atoms with Gasteiger partial charge in [0.2, 0.25) is 0 Å². The smallest absolute Gasteiger partial charge is 0.310 e. The first kappa shape index (κ1) is 11.3. The fourth-order valence-corrected chi connectivity index (χ4v) is 1.87. The number of benzene rings is 1. The lowest BCUT2D eigenvalue weighted by Crippen LogP contribution is -2.10. The summed E-state index contributed by atoms with van der Waals surface area (Å²) in [7, 11) is 0. The summed E-state index contributed by atoms with van der Waals surface area (Å²) in [4.78, 5) is 10.9. The number of carboxylic acids is 1. The highest BCUT2D eigenvalue weighted by Gasteiger charge is 2.18. The van der Waals surface area contributed by atoms with Crippen molar-refractivity contribution in [2.45, 2.75) is 19.3 Å². The molecule has 1 atom stereocenters. The minimum Gasteiger partial charge on any atom is -0.481 e. The van der Waals surface area contributed by atoms with E-state index in [9.17, 15) is 4.79 Å². The first-order chi connectivity index (χ1) is 6.54. The monoisotopic (exact) mass is 232 g/mol. The maximum Gasteiger partial charge on any atom is 0.310 e. The molecule has 1 aromatic carbocycles. The van der Waals surface area contributed by atoms with Crippen molar-refractivity contribution in [2.24, 2.45) is 0 Å². The summed E-state index contributed by atoms with van der Waals surface area (Å²) in [5.41, 5.74) is 0.650. The van der Waals surface area contributed by atoms with Gasteiger partial charge in [-0.15, -0.1) is 0 Å². The van der Waals surface area contributed by atoms with E-state index in [0.717, 1.165) is 0 Å². The van der Waals surface area contributed by atoms with Crippen LogP contribution in [-0.2, 0) is 4.79 Å². The first-order valence-electron chi connectivity index (χ1n) is 4.23. The molecule has 0 fully saturated rings. The zero-order chi connectivity index (χ0) is 10.7. The maximum absolute atomic E-state index is 10.9. The fraction of sp³-hybridized carbons (Fsp3) is 0.300. The molecule has 0 aromatic heterocycles. The number of carboxylic acid groups (broad SMARTS) is 1. The van der Waals surface area contributed by atoms with E-state index in [2.05, 4.69) is 0 Å². The highest BCUT2D eigenvalue weighted by molar-refractivity contribution is 6.34. The number of hydrogen-bond donors (Lipinski definition) is 1. The molecule has 0 heterocycles. The van der Waals surface area contributed by atoms with Gasteiger partial charge in [-0.25, -0.2) is 0 Å². The largest absolute Gasteiger partial charge is 0.481 e. The number of rotatable bonds is 3. The average molecular weight is 233 g/mol. The molecule has 14 heavy (non-hydrogen) atoms. The molecule has 0 saturated carbocycles. The van der Waals surface area contributed by atoms with Gasteiger partial charge in [-0.1, -0.05) is 30.1 Å². The summed E-state index contributed by atoms with van der Waals surface area (Å²) in [5.74, 6) is -1.39. The molecular weight excluding hydrogens is 223 g/mol. The molecule has 1 aromatic rings. The van der Waals surface area contributed by atoms with Crippen molar-refractivity contribution < 1.29 is 9.90 Å². The van der Waals surface area contributed by atoms with E-state index in [4.69, 9.17) is 28.3 Å². The SMILES string of the molecule is CCC(C(=O)O)c1cc(Cl)cc(Cl)c1. The average Bonchev–Trinajstić information content (AvgIpc) is 2.02. The van der Waals surface area contributed by atoms with Gasteiger partial charge in [0.15, 0.2) is 0 Å². The molecule has 0 bridgehead atoms.